The fourth-order valence-corrected chi connectivity index (χ4v) is 2.60. The minimum Gasteiger partial charge on any atom is -0.335 e. The summed E-state index contributed by atoms with van der Waals surface area (Å²) in [5.74, 6) is -0.777. The molecule has 0 spiro atoms. The van der Waals surface area contributed by atoms with E-state index in [-0.39, 0.29) is 10.9 Å². The zero-order valence-corrected chi connectivity index (χ0v) is 13.1. The van der Waals surface area contributed by atoms with Crippen LogP contribution in [0.5, 0.6) is 0 Å². The number of nitrogens with zero attached hydrogens (tertiary/aromatic N) is 2. The predicted molar refractivity (Wildman–Crippen MR) is 89.9 cm³/mol. The second kappa shape index (κ2) is 5.85. The van der Waals surface area contributed by atoms with Gasteiger partial charge in [-0.3, -0.25) is 4.79 Å². The smallest absolute Gasteiger partial charge is 0.247 e. The van der Waals surface area contributed by atoms with E-state index >= 15 is 0 Å². The Kier molecular flexibility index (Phi) is 3.88. The minimum atomic E-state index is -0.465. The molecule has 0 atom stereocenters. The molecule has 0 aliphatic carbocycles. The van der Waals surface area contributed by atoms with E-state index in [1.54, 1.807) is 18.3 Å². The second-order valence-electron chi connectivity index (χ2n) is 5.07. The lowest BCUT2D eigenvalue weighted by molar-refractivity contribution is -0.111. The second-order valence-corrected chi connectivity index (χ2v) is 5.48. The number of nitrogens with one attached hydrogen (secondary N) is 1. The molecule has 1 aromatic carbocycles. The maximum absolute atomic E-state index is 13.4. The first kappa shape index (κ1) is 15.2. The van der Waals surface area contributed by atoms with Crippen molar-refractivity contribution < 1.29 is 9.18 Å². The van der Waals surface area contributed by atoms with Gasteiger partial charge in [-0.1, -0.05) is 24.2 Å². The van der Waals surface area contributed by atoms with Gasteiger partial charge in [-0.05, 0) is 29.8 Å². The summed E-state index contributed by atoms with van der Waals surface area (Å²) in [6.07, 6.45) is 4.65. The topological polar surface area (TPSA) is 46.9 Å². The van der Waals surface area contributed by atoms with Gasteiger partial charge in [0.1, 0.15) is 11.5 Å². The van der Waals surface area contributed by atoms with Crippen molar-refractivity contribution in [2.75, 3.05) is 5.32 Å². The molecule has 0 saturated carbocycles. The van der Waals surface area contributed by atoms with Gasteiger partial charge in [0.05, 0.1) is 16.9 Å². The molecule has 4 nitrogen and oxygen atoms in total. The molecule has 0 saturated heterocycles. The molecule has 3 rings (SSSR count). The highest BCUT2D eigenvalue weighted by molar-refractivity contribution is 6.31. The number of fused-ring (bicyclic) bond motifs is 1. The summed E-state index contributed by atoms with van der Waals surface area (Å²) in [6.45, 7) is 3.42. The van der Waals surface area contributed by atoms with Crippen LogP contribution >= 0.6 is 11.6 Å². The van der Waals surface area contributed by atoms with Crippen molar-refractivity contribution >= 4 is 34.2 Å². The number of amides is 1. The predicted octanol–water partition coefficient (Wildman–Crippen LogP) is 4.16. The van der Waals surface area contributed by atoms with Crippen molar-refractivity contribution in [2.24, 2.45) is 7.05 Å². The molecular formula is C17H13ClFN3O. The summed E-state index contributed by atoms with van der Waals surface area (Å²) >= 11 is 5.88. The fraction of sp³-hybridized carbons (Fsp3) is 0.0588. The quantitative estimate of drug-likeness (QED) is 0.733. The number of anilines is 1. The summed E-state index contributed by atoms with van der Waals surface area (Å²) in [7, 11) is 1.87. The molecule has 0 aliphatic rings. The van der Waals surface area contributed by atoms with E-state index in [1.807, 2.05) is 23.9 Å². The Bertz CT molecular complexity index is 933. The van der Waals surface area contributed by atoms with Crippen LogP contribution in [0.3, 0.4) is 0 Å². The molecule has 0 unspecified atom stereocenters. The average molecular weight is 330 g/mol. The third-order valence-electron chi connectivity index (χ3n) is 3.50. The highest BCUT2D eigenvalue weighted by Crippen LogP contribution is 2.32. The van der Waals surface area contributed by atoms with Crippen LogP contribution < -0.4 is 5.32 Å². The van der Waals surface area contributed by atoms with Crippen LogP contribution in [0.1, 0.15) is 0 Å². The zero-order valence-electron chi connectivity index (χ0n) is 12.3. The number of halogens is 2. The number of rotatable bonds is 3. The normalized spacial score (nSPS) is 10.7. The van der Waals surface area contributed by atoms with E-state index in [0.29, 0.717) is 5.69 Å². The van der Waals surface area contributed by atoms with E-state index < -0.39 is 5.82 Å². The average Bonchev–Trinajstić information content (AvgIpc) is 2.86. The van der Waals surface area contributed by atoms with Crippen molar-refractivity contribution in [3.63, 3.8) is 0 Å². The lowest BCUT2D eigenvalue weighted by atomic mass is 10.1. The van der Waals surface area contributed by atoms with E-state index in [9.17, 15) is 9.18 Å². The molecule has 116 valence electrons. The third-order valence-corrected chi connectivity index (χ3v) is 3.79. The first-order chi connectivity index (χ1) is 11.0. The van der Waals surface area contributed by atoms with Crippen molar-refractivity contribution in [1.29, 1.82) is 0 Å². The lowest BCUT2D eigenvalue weighted by Crippen LogP contribution is -2.07. The van der Waals surface area contributed by atoms with Crippen molar-refractivity contribution in [3.05, 3.63) is 60.2 Å². The van der Waals surface area contributed by atoms with Crippen LogP contribution in [0.4, 0.5) is 10.1 Å². The Morgan fingerprint density at radius 3 is 2.91 bits per heavy atom. The Morgan fingerprint density at radius 1 is 1.43 bits per heavy atom. The molecule has 2 aromatic heterocycles. The minimum absolute atomic E-state index is 0.0589. The van der Waals surface area contributed by atoms with Crippen LogP contribution in [0.2, 0.25) is 5.02 Å². The number of benzene rings is 1. The molecule has 23 heavy (non-hydrogen) atoms. The summed E-state index contributed by atoms with van der Waals surface area (Å²) in [5, 5.41) is 3.57. The van der Waals surface area contributed by atoms with Crippen LogP contribution in [-0.4, -0.2) is 15.5 Å². The largest absolute Gasteiger partial charge is 0.335 e. The number of aromatic nitrogens is 2. The van der Waals surface area contributed by atoms with Gasteiger partial charge in [0.25, 0.3) is 0 Å². The highest BCUT2D eigenvalue weighted by atomic mass is 35.5. The number of carbonyl (C=O) groups excluding carboxylic acids is 1. The van der Waals surface area contributed by atoms with Gasteiger partial charge in [0, 0.05) is 24.2 Å². The molecule has 0 aliphatic heterocycles. The maximum atomic E-state index is 13.4. The Balaban J connectivity index is 2.16. The van der Waals surface area contributed by atoms with E-state index in [0.717, 1.165) is 22.2 Å². The van der Waals surface area contributed by atoms with Crippen LogP contribution in [-0.2, 0) is 11.8 Å². The molecule has 0 fully saturated rings. The van der Waals surface area contributed by atoms with Crippen molar-refractivity contribution in [3.8, 4) is 11.1 Å². The van der Waals surface area contributed by atoms with Crippen molar-refractivity contribution in [1.82, 2.24) is 9.55 Å². The standard InChI is InChI=1S/C17H13ClFN3O/c1-3-16(23)21-11-7-12-13(9-22(2)17(12)20-8-11)10-4-5-15(19)14(18)6-10/h3-9H,1H2,2H3,(H,21,23). The van der Waals surface area contributed by atoms with Gasteiger partial charge in [0.2, 0.25) is 5.91 Å². The summed E-state index contributed by atoms with van der Waals surface area (Å²) in [5.41, 5.74) is 2.93. The maximum Gasteiger partial charge on any atom is 0.247 e. The number of carbonyl (C=O) groups is 1. The number of pyridine rings is 1. The summed E-state index contributed by atoms with van der Waals surface area (Å²) in [4.78, 5) is 15.8. The summed E-state index contributed by atoms with van der Waals surface area (Å²) < 4.78 is 15.2. The lowest BCUT2D eigenvalue weighted by Gasteiger charge is -2.04. The first-order valence-electron chi connectivity index (χ1n) is 6.83. The van der Waals surface area contributed by atoms with Gasteiger partial charge in [-0.25, -0.2) is 9.37 Å². The molecular weight excluding hydrogens is 317 g/mol. The number of hydrogen-bond acceptors (Lipinski definition) is 2. The third kappa shape index (κ3) is 2.83. The zero-order chi connectivity index (χ0) is 16.6. The number of aryl methyl sites for hydroxylation is 1. The first-order valence-corrected chi connectivity index (χ1v) is 7.21. The van der Waals surface area contributed by atoms with E-state index in [4.69, 9.17) is 11.6 Å². The van der Waals surface area contributed by atoms with Gasteiger partial charge in [0.15, 0.2) is 0 Å². The van der Waals surface area contributed by atoms with Gasteiger partial charge >= 0.3 is 0 Å². The Hall–Kier alpha value is -2.66. The SMILES string of the molecule is C=CC(=O)Nc1cnc2c(c1)c(-c1ccc(F)c(Cl)c1)cn2C. The van der Waals surface area contributed by atoms with Crippen molar-refractivity contribution in [2.45, 2.75) is 0 Å². The van der Waals surface area contributed by atoms with E-state index in [2.05, 4.69) is 16.9 Å². The van der Waals surface area contributed by atoms with Crippen LogP contribution in [0.15, 0.2) is 49.3 Å². The van der Waals surface area contributed by atoms with Gasteiger partial charge < -0.3 is 9.88 Å². The molecule has 3 aromatic rings. The summed E-state index contributed by atoms with van der Waals surface area (Å²) in [6, 6.07) is 6.37. The molecule has 0 radical (unpaired) electrons. The van der Waals surface area contributed by atoms with E-state index in [1.165, 1.54) is 12.1 Å². The van der Waals surface area contributed by atoms with Crippen LogP contribution in [0, 0.1) is 5.82 Å². The Morgan fingerprint density at radius 2 is 2.22 bits per heavy atom. The number of hydrogen-bond donors (Lipinski definition) is 1. The molecule has 6 heteroatoms. The fourth-order valence-electron chi connectivity index (χ4n) is 2.42. The Labute approximate surface area is 137 Å². The molecule has 0 bridgehead atoms. The van der Waals surface area contributed by atoms with Crippen LogP contribution in [0.25, 0.3) is 22.2 Å². The molecule has 1 N–H and O–H groups in total. The van der Waals surface area contributed by atoms with Gasteiger partial charge in [-0.2, -0.15) is 0 Å². The van der Waals surface area contributed by atoms with Gasteiger partial charge in [-0.15, -0.1) is 0 Å². The molecule has 2 heterocycles. The molecule has 1 amide bonds. The highest BCUT2D eigenvalue weighted by Gasteiger charge is 2.12. The monoisotopic (exact) mass is 329 g/mol.